The minimum Gasteiger partial charge on any atom is -0.306 e. The molecule has 0 aliphatic heterocycles. The number of hydrogen-bond acceptors (Lipinski definition) is 1. The lowest BCUT2D eigenvalue weighted by Crippen LogP contribution is -2.24. The van der Waals surface area contributed by atoms with Crippen molar-refractivity contribution in [1.82, 2.24) is 5.32 Å². The molecule has 0 spiro atoms. The van der Waals surface area contributed by atoms with Crippen LogP contribution in [0.5, 0.6) is 0 Å². The molecule has 2 aromatic rings. The van der Waals surface area contributed by atoms with Crippen molar-refractivity contribution in [1.29, 1.82) is 0 Å². The molecule has 21 heavy (non-hydrogen) atoms. The van der Waals surface area contributed by atoms with Gasteiger partial charge in [0.15, 0.2) is 0 Å². The lowest BCUT2D eigenvalue weighted by molar-refractivity contribution is 0.535. The summed E-state index contributed by atoms with van der Waals surface area (Å²) in [5.74, 6) is -0.857. The zero-order valence-electron chi connectivity index (χ0n) is 11.5. The Morgan fingerprint density at radius 1 is 1.05 bits per heavy atom. The summed E-state index contributed by atoms with van der Waals surface area (Å²) in [5, 5.41) is 3.28. The van der Waals surface area contributed by atoms with Crippen molar-refractivity contribution in [2.75, 3.05) is 6.54 Å². The monoisotopic (exact) mass is 417 g/mol. The van der Waals surface area contributed by atoms with Gasteiger partial charge < -0.3 is 5.32 Å². The SMILES string of the molecule is CCCNC(c1cc(Br)cc(Br)c1)c1cc(F)ccc1F. The van der Waals surface area contributed by atoms with Crippen LogP contribution in [0, 0.1) is 11.6 Å². The quantitative estimate of drug-likeness (QED) is 0.668. The van der Waals surface area contributed by atoms with E-state index in [1.165, 1.54) is 12.1 Å². The van der Waals surface area contributed by atoms with Gasteiger partial charge in [0.05, 0.1) is 6.04 Å². The highest BCUT2D eigenvalue weighted by Gasteiger charge is 2.19. The maximum absolute atomic E-state index is 14.1. The van der Waals surface area contributed by atoms with Crippen LogP contribution in [0.3, 0.4) is 0 Å². The second kappa shape index (κ2) is 7.47. The van der Waals surface area contributed by atoms with Crippen molar-refractivity contribution >= 4 is 31.9 Å². The standard InChI is InChI=1S/C16H15Br2F2N/c1-2-5-21-16(10-6-11(17)8-12(18)7-10)14-9-13(19)3-4-15(14)20/h3-4,6-9,16,21H,2,5H2,1H3. The molecule has 0 aliphatic rings. The first-order valence-electron chi connectivity index (χ1n) is 6.65. The third-order valence-electron chi connectivity index (χ3n) is 3.09. The number of benzene rings is 2. The summed E-state index contributed by atoms with van der Waals surface area (Å²) in [7, 11) is 0. The second-order valence-corrected chi connectivity index (χ2v) is 6.59. The van der Waals surface area contributed by atoms with Gasteiger partial charge in [0, 0.05) is 14.5 Å². The largest absolute Gasteiger partial charge is 0.306 e. The average Bonchev–Trinajstić information content (AvgIpc) is 2.42. The highest BCUT2D eigenvalue weighted by Crippen LogP contribution is 2.30. The van der Waals surface area contributed by atoms with Crippen LogP contribution in [0.25, 0.3) is 0 Å². The van der Waals surface area contributed by atoms with Gasteiger partial charge in [-0.15, -0.1) is 0 Å². The van der Waals surface area contributed by atoms with Crippen LogP contribution in [-0.4, -0.2) is 6.54 Å². The maximum Gasteiger partial charge on any atom is 0.128 e. The number of halogens is 4. The van der Waals surface area contributed by atoms with E-state index in [4.69, 9.17) is 0 Å². The van der Waals surface area contributed by atoms with E-state index in [-0.39, 0.29) is 0 Å². The molecular formula is C16H15Br2F2N. The fourth-order valence-corrected chi connectivity index (χ4v) is 3.50. The summed E-state index contributed by atoms with van der Waals surface area (Å²) in [6.07, 6.45) is 0.905. The van der Waals surface area contributed by atoms with Gasteiger partial charge in [0.2, 0.25) is 0 Å². The molecule has 0 bridgehead atoms. The Bertz CT molecular complexity index is 611. The Balaban J connectivity index is 2.49. The number of rotatable bonds is 5. The van der Waals surface area contributed by atoms with E-state index >= 15 is 0 Å². The molecule has 2 aromatic carbocycles. The fourth-order valence-electron chi connectivity index (χ4n) is 2.17. The van der Waals surface area contributed by atoms with Gasteiger partial charge in [-0.2, -0.15) is 0 Å². The van der Waals surface area contributed by atoms with Gasteiger partial charge in [-0.3, -0.25) is 0 Å². The zero-order valence-corrected chi connectivity index (χ0v) is 14.6. The Kier molecular flexibility index (Phi) is 5.90. The van der Waals surface area contributed by atoms with Crippen molar-refractivity contribution < 1.29 is 8.78 Å². The van der Waals surface area contributed by atoms with E-state index in [1.54, 1.807) is 0 Å². The third kappa shape index (κ3) is 4.34. The lowest BCUT2D eigenvalue weighted by Gasteiger charge is -2.21. The van der Waals surface area contributed by atoms with Crippen LogP contribution in [0.15, 0.2) is 45.3 Å². The van der Waals surface area contributed by atoms with E-state index in [9.17, 15) is 8.78 Å². The fraction of sp³-hybridized carbons (Fsp3) is 0.250. The van der Waals surface area contributed by atoms with Crippen LogP contribution in [-0.2, 0) is 0 Å². The van der Waals surface area contributed by atoms with E-state index in [0.717, 1.165) is 27.0 Å². The molecular weight excluding hydrogens is 404 g/mol. The first-order chi connectivity index (χ1) is 10.0. The second-order valence-electron chi connectivity index (χ2n) is 4.76. The summed E-state index contributed by atoms with van der Waals surface area (Å²) < 4.78 is 29.4. The van der Waals surface area contributed by atoms with Gasteiger partial charge in [0.1, 0.15) is 11.6 Å². The molecule has 0 aromatic heterocycles. The van der Waals surface area contributed by atoms with Gasteiger partial charge in [-0.25, -0.2) is 8.78 Å². The molecule has 0 saturated carbocycles. The molecule has 112 valence electrons. The molecule has 1 atom stereocenters. The van der Waals surface area contributed by atoms with Gasteiger partial charge in [0.25, 0.3) is 0 Å². The molecule has 1 unspecified atom stereocenters. The highest BCUT2D eigenvalue weighted by molar-refractivity contribution is 9.11. The molecule has 0 radical (unpaired) electrons. The summed E-state index contributed by atoms with van der Waals surface area (Å²) in [6.45, 7) is 2.74. The maximum atomic E-state index is 14.1. The topological polar surface area (TPSA) is 12.0 Å². The predicted octanol–water partition coefficient (Wildman–Crippen LogP) is 5.58. The molecule has 0 heterocycles. The van der Waals surface area contributed by atoms with Crippen molar-refractivity contribution in [2.24, 2.45) is 0 Å². The summed E-state index contributed by atoms with van der Waals surface area (Å²) in [5.41, 5.74) is 1.18. The minimum absolute atomic E-state index is 0.313. The molecule has 0 amide bonds. The van der Waals surface area contributed by atoms with E-state index in [2.05, 4.69) is 37.2 Å². The summed E-state index contributed by atoms with van der Waals surface area (Å²) in [6, 6.07) is 8.87. The van der Waals surface area contributed by atoms with Gasteiger partial charge >= 0.3 is 0 Å². The van der Waals surface area contributed by atoms with Crippen LogP contribution in [0.2, 0.25) is 0 Å². The summed E-state index contributed by atoms with van der Waals surface area (Å²) in [4.78, 5) is 0. The molecule has 0 aliphatic carbocycles. The molecule has 0 fully saturated rings. The van der Waals surface area contributed by atoms with Crippen LogP contribution >= 0.6 is 31.9 Å². The third-order valence-corrected chi connectivity index (χ3v) is 4.00. The van der Waals surface area contributed by atoms with Crippen molar-refractivity contribution in [3.63, 3.8) is 0 Å². The molecule has 1 N–H and O–H groups in total. The number of hydrogen-bond donors (Lipinski definition) is 1. The predicted molar refractivity (Wildman–Crippen MR) is 88.3 cm³/mol. The minimum atomic E-state index is -0.441. The number of nitrogens with one attached hydrogen (secondary N) is 1. The van der Waals surface area contributed by atoms with Crippen LogP contribution in [0.4, 0.5) is 8.78 Å². The van der Waals surface area contributed by atoms with Crippen LogP contribution < -0.4 is 5.32 Å². The van der Waals surface area contributed by atoms with E-state index in [0.29, 0.717) is 12.1 Å². The van der Waals surface area contributed by atoms with E-state index in [1.807, 2.05) is 25.1 Å². The lowest BCUT2D eigenvalue weighted by atomic mass is 9.98. The Labute approximate surface area is 140 Å². The normalized spacial score (nSPS) is 12.4. The highest BCUT2D eigenvalue weighted by atomic mass is 79.9. The molecule has 0 saturated heterocycles. The first-order valence-corrected chi connectivity index (χ1v) is 8.24. The molecule has 5 heteroatoms. The smallest absolute Gasteiger partial charge is 0.128 e. The Morgan fingerprint density at radius 2 is 1.71 bits per heavy atom. The van der Waals surface area contributed by atoms with Crippen LogP contribution in [0.1, 0.15) is 30.5 Å². The van der Waals surface area contributed by atoms with Gasteiger partial charge in [-0.05, 0) is 54.9 Å². The molecule has 1 nitrogen and oxygen atoms in total. The van der Waals surface area contributed by atoms with Crippen molar-refractivity contribution in [3.05, 3.63) is 68.1 Å². The van der Waals surface area contributed by atoms with E-state index < -0.39 is 17.7 Å². The summed E-state index contributed by atoms with van der Waals surface area (Å²) >= 11 is 6.86. The van der Waals surface area contributed by atoms with Crippen molar-refractivity contribution in [2.45, 2.75) is 19.4 Å². The van der Waals surface area contributed by atoms with Crippen molar-refractivity contribution in [3.8, 4) is 0 Å². The zero-order chi connectivity index (χ0) is 15.4. The van der Waals surface area contributed by atoms with Gasteiger partial charge in [-0.1, -0.05) is 38.8 Å². The first kappa shape index (κ1) is 16.6. The average molecular weight is 419 g/mol. The Morgan fingerprint density at radius 3 is 2.33 bits per heavy atom. The molecule has 2 rings (SSSR count). The Hall–Kier alpha value is -0.780.